The first kappa shape index (κ1) is 8.57. The molecule has 0 unspecified atom stereocenters. The summed E-state index contributed by atoms with van der Waals surface area (Å²) in [4.78, 5) is 13.5. The molecule has 0 bridgehead atoms. The summed E-state index contributed by atoms with van der Waals surface area (Å²) in [5.74, 6) is 0.595. The van der Waals surface area contributed by atoms with Crippen LogP contribution < -0.4 is 0 Å². The Morgan fingerprint density at radius 1 is 1.55 bits per heavy atom. The zero-order valence-corrected chi connectivity index (χ0v) is 7.63. The molecule has 11 heavy (non-hydrogen) atoms. The van der Waals surface area contributed by atoms with Crippen LogP contribution in [0.15, 0.2) is 0 Å². The first-order chi connectivity index (χ1) is 5.13. The van der Waals surface area contributed by atoms with Crippen molar-refractivity contribution >= 4 is 5.91 Å². The summed E-state index contributed by atoms with van der Waals surface area (Å²) in [5.41, 5.74) is 0. The Morgan fingerprint density at radius 2 is 2.18 bits per heavy atom. The van der Waals surface area contributed by atoms with Crippen LogP contribution in [0.4, 0.5) is 0 Å². The van der Waals surface area contributed by atoms with Gasteiger partial charge in [-0.3, -0.25) is 4.79 Å². The van der Waals surface area contributed by atoms with Gasteiger partial charge in [-0.1, -0.05) is 6.92 Å². The lowest BCUT2D eigenvalue weighted by atomic mass is 9.98. The molecule has 0 N–H and O–H groups in total. The molecule has 1 fully saturated rings. The molecule has 1 heterocycles. The lowest BCUT2D eigenvalue weighted by molar-refractivity contribution is -0.139. The van der Waals surface area contributed by atoms with Crippen molar-refractivity contribution in [1.29, 1.82) is 0 Å². The number of hydrogen-bond acceptors (Lipinski definition) is 1. The van der Waals surface area contributed by atoms with Crippen molar-refractivity contribution in [1.82, 2.24) is 4.90 Å². The summed E-state index contributed by atoms with van der Waals surface area (Å²) in [6, 6.07) is 0.380. The second-order valence-electron chi connectivity index (χ2n) is 3.67. The number of rotatable bonds is 1. The number of amides is 1. The molecule has 1 rings (SSSR count). The minimum absolute atomic E-state index is 0.256. The molecule has 1 aliphatic heterocycles. The number of hydrogen-bond donors (Lipinski definition) is 0. The minimum atomic E-state index is 0.256. The van der Waals surface area contributed by atoms with Crippen LogP contribution in [0.1, 0.15) is 33.6 Å². The van der Waals surface area contributed by atoms with Gasteiger partial charge in [-0.05, 0) is 26.7 Å². The van der Waals surface area contributed by atoms with Gasteiger partial charge in [0, 0.05) is 18.5 Å². The topological polar surface area (TPSA) is 20.3 Å². The summed E-state index contributed by atoms with van der Waals surface area (Å²) in [6.45, 7) is 7.14. The van der Waals surface area contributed by atoms with E-state index >= 15 is 0 Å². The first-order valence-corrected chi connectivity index (χ1v) is 4.43. The molecule has 1 saturated heterocycles. The Kier molecular flexibility index (Phi) is 2.53. The molecule has 0 spiro atoms. The number of carbonyl (C=O) groups excluding carboxylic acids is 1. The lowest BCUT2D eigenvalue weighted by Gasteiger charge is -2.33. The van der Waals surface area contributed by atoms with Crippen molar-refractivity contribution in [2.75, 3.05) is 6.54 Å². The lowest BCUT2D eigenvalue weighted by Crippen LogP contribution is -2.44. The zero-order chi connectivity index (χ0) is 8.43. The largest absolute Gasteiger partial charge is 0.340 e. The van der Waals surface area contributed by atoms with Crippen LogP contribution >= 0.6 is 0 Å². The van der Waals surface area contributed by atoms with Crippen molar-refractivity contribution in [3.8, 4) is 0 Å². The van der Waals surface area contributed by atoms with Gasteiger partial charge in [0.25, 0.3) is 0 Å². The maximum atomic E-state index is 11.5. The van der Waals surface area contributed by atoms with E-state index in [1.54, 1.807) is 0 Å². The Bertz CT molecular complexity index is 154. The normalized spacial score (nSPS) is 26.4. The van der Waals surface area contributed by atoms with E-state index in [9.17, 15) is 4.79 Å². The molecule has 2 nitrogen and oxygen atoms in total. The van der Waals surface area contributed by atoms with Gasteiger partial charge in [-0.15, -0.1) is 0 Å². The molecule has 64 valence electrons. The van der Waals surface area contributed by atoms with Gasteiger partial charge >= 0.3 is 0 Å². The third-order valence-corrected chi connectivity index (χ3v) is 2.36. The van der Waals surface area contributed by atoms with Crippen LogP contribution in [-0.2, 0) is 4.79 Å². The molecule has 0 radical (unpaired) electrons. The van der Waals surface area contributed by atoms with E-state index < -0.39 is 0 Å². The van der Waals surface area contributed by atoms with Crippen molar-refractivity contribution in [2.24, 2.45) is 5.92 Å². The molecule has 0 saturated carbocycles. The van der Waals surface area contributed by atoms with Gasteiger partial charge in [-0.25, -0.2) is 0 Å². The van der Waals surface area contributed by atoms with Crippen LogP contribution in [-0.4, -0.2) is 23.4 Å². The van der Waals surface area contributed by atoms with Crippen molar-refractivity contribution in [3.05, 3.63) is 0 Å². The average Bonchev–Trinajstić information content (AvgIpc) is 1.94. The highest BCUT2D eigenvalue weighted by atomic mass is 16.2. The fourth-order valence-corrected chi connectivity index (χ4v) is 1.60. The second-order valence-corrected chi connectivity index (χ2v) is 3.67. The third-order valence-electron chi connectivity index (χ3n) is 2.36. The summed E-state index contributed by atoms with van der Waals surface area (Å²) in [6.07, 6.45) is 2.24. The van der Waals surface area contributed by atoms with E-state index in [1.165, 1.54) is 6.42 Å². The molecule has 1 atom stereocenters. The molecule has 1 aliphatic rings. The van der Waals surface area contributed by atoms with Crippen molar-refractivity contribution < 1.29 is 4.79 Å². The van der Waals surface area contributed by atoms with Gasteiger partial charge in [0.1, 0.15) is 0 Å². The minimum Gasteiger partial charge on any atom is -0.340 e. The van der Waals surface area contributed by atoms with E-state index in [-0.39, 0.29) is 5.92 Å². The first-order valence-electron chi connectivity index (χ1n) is 4.43. The van der Waals surface area contributed by atoms with E-state index in [1.807, 2.05) is 11.8 Å². The number of nitrogens with zero attached hydrogens (tertiary/aromatic N) is 1. The van der Waals surface area contributed by atoms with Crippen LogP contribution in [0.5, 0.6) is 0 Å². The smallest absolute Gasteiger partial charge is 0.225 e. The summed E-state index contributed by atoms with van der Waals surface area (Å²) >= 11 is 0. The summed E-state index contributed by atoms with van der Waals surface area (Å²) in [5, 5.41) is 0. The van der Waals surface area contributed by atoms with E-state index in [0.717, 1.165) is 13.0 Å². The van der Waals surface area contributed by atoms with E-state index in [4.69, 9.17) is 0 Å². The highest BCUT2D eigenvalue weighted by Gasteiger charge is 2.26. The molecule has 0 aliphatic carbocycles. The van der Waals surface area contributed by atoms with Crippen LogP contribution in [0.2, 0.25) is 0 Å². The maximum Gasteiger partial charge on any atom is 0.225 e. The quantitative estimate of drug-likeness (QED) is 0.564. The highest BCUT2D eigenvalue weighted by Crippen LogP contribution is 2.18. The molecule has 0 aromatic heterocycles. The van der Waals surface area contributed by atoms with Gasteiger partial charge in [0.05, 0.1) is 0 Å². The molecular weight excluding hydrogens is 138 g/mol. The Hall–Kier alpha value is -0.530. The fourth-order valence-electron chi connectivity index (χ4n) is 1.60. The van der Waals surface area contributed by atoms with Crippen LogP contribution in [0.25, 0.3) is 0 Å². The Labute approximate surface area is 68.6 Å². The van der Waals surface area contributed by atoms with Crippen molar-refractivity contribution in [2.45, 2.75) is 39.7 Å². The molecule has 1 amide bonds. The number of carbonyl (C=O) groups is 1. The van der Waals surface area contributed by atoms with Gasteiger partial charge in [0.15, 0.2) is 0 Å². The van der Waals surface area contributed by atoms with Gasteiger partial charge in [-0.2, -0.15) is 0 Å². The molecule has 0 aromatic carbocycles. The molecule has 0 aromatic rings. The fraction of sp³-hybridized carbons (Fsp3) is 0.889. The van der Waals surface area contributed by atoms with Gasteiger partial charge in [0.2, 0.25) is 5.91 Å². The number of piperidine rings is 1. The van der Waals surface area contributed by atoms with Gasteiger partial charge < -0.3 is 4.90 Å². The third kappa shape index (κ3) is 1.73. The monoisotopic (exact) mass is 155 g/mol. The van der Waals surface area contributed by atoms with E-state index in [0.29, 0.717) is 11.9 Å². The summed E-state index contributed by atoms with van der Waals surface area (Å²) in [7, 11) is 0. The Balaban J connectivity index is 2.58. The average molecular weight is 155 g/mol. The van der Waals surface area contributed by atoms with Crippen LogP contribution in [0.3, 0.4) is 0 Å². The predicted molar refractivity (Wildman–Crippen MR) is 45.2 cm³/mol. The highest BCUT2D eigenvalue weighted by molar-refractivity contribution is 5.79. The zero-order valence-electron chi connectivity index (χ0n) is 7.63. The standard InChI is InChI=1S/C9H17NO/c1-7(2)10-6-4-5-8(3)9(10)11/h7-8H,4-6H2,1-3H3/t8-/m0/s1. The van der Waals surface area contributed by atoms with Crippen molar-refractivity contribution in [3.63, 3.8) is 0 Å². The van der Waals surface area contributed by atoms with Crippen LogP contribution in [0, 0.1) is 5.92 Å². The molecular formula is C9H17NO. The number of likely N-dealkylation sites (tertiary alicyclic amines) is 1. The maximum absolute atomic E-state index is 11.5. The molecule has 2 heteroatoms. The van der Waals surface area contributed by atoms with E-state index in [2.05, 4.69) is 13.8 Å². The Morgan fingerprint density at radius 3 is 2.64 bits per heavy atom. The predicted octanol–water partition coefficient (Wildman–Crippen LogP) is 1.65. The summed E-state index contributed by atoms with van der Waals surface area (Å²) < 4.78 is 0. The second kappa shape index (κ2) is 3.24. The SMILES string of the molecule is CC(C)N1CCC[C@H](C)C1=O.